The third-order valence-electron chi connectivity index (χ3n) is 2.35. The Labute approximate surface area is 92.4 Å². The molecule has 0 unspecified atom stereocenters. The molecule has 0 radical (unpaired) electrons. The number of carboxylic acids is 1. The molecule has 82 valence electrons. The maximum atomic E-state index is 10.8. The zero-order chi connectivity index (χ0) is 11.7. The van der Waals surface area contributed by atoms with Crippen molar-refractivity contribution in [2.75, 3.05) is 0 Å². The molecule has 0 atom stereocenters. The molecular formula is C11H11N3O2. The van der Waals surface area contributed by atoms with Gasteiger partial charge in [-0.25, -0.2) is 14.8 Å². The highest BCUT2D eigenvalue weighted by atomic mass is 16.4. The summed E-state index contributed by atoms with van der Waals surface area (Å²) in [5.74, 6) is 0.558. The van der Waals surface area contributed by atoms with Gasteiger partial charge in [-0.3, -0.25) is 4.57 Å². The van der Waals surface area contributed by atoms with Crippen LogP contribution in [0, 0.1) is 13.8 Å². The molecule has 0 spiro atoms. The van der Waals surface area contributed by atoms with Crippen molar-refractivity contribution in [3.8, 4) is 5.82 Å². The number of hydrogen-bond acceptors (Lipinski definition) is 3. The van der Waals surface area contributed by atoms with Crippen LogP contribution < -0.4 is 0 Å². The summed E-state index contributed by atoms with van der Waals surface area (Å²) in [6.45, 7) is 3.69. The van der Waals surface area contributed by atoms with Crippen LogP contribution in [0.15, 0.2) is 24.7 Å². The fourth-order valence-electron chi connectivity index (χ4n) is 1.54. The molecular weight excluding hydrogens is 206 g/mol. The Bertz CT molecular complexity index is 546. The van der Waals surface area contributed by atoms with Crippen molar-refractivity contribution in [3.05, 3.63) is 41.6 Å². The second-order valence-corrected chi connectivity index (χ2v) is 3.51. The first kappa shape index (κ1) is 10.4. The predicted octanol–water partition coefficient (Wildman–Crippen LogP) is 1.58. The van der Waals surface area contributed by atoms with Gasteiger partial charge in [0.05, 0.1) is 5.56 Å². The molecule has 0 saturated heterocycles. The van der Waals surface area contributed by atoms with E-state index in [1.54, 1.807) is 18.5 Å². The number of rotatable bonds is 2. The van der Waals surface area contributed by atoms with Crippen molar-refractivity contribution in [2.24, 2.45) is 0 Å². The number of carbonyl (C=O) groups is 1. The SMILES string of the molecule is Cc1cc(C(=O)O)cnc1-n1ccnc1C. The number of hydrogen-bond donors (Lipinski definition) is 1. The van der Waals surface area contributed by atoms with Crippen LogP contribution in [-0.2, 0) is 0 Å². The van der Waals surface area contributed by atoms with E-state index in [1.165, 1.54) is 6.20 Å². The number of aromatic nitrogens is 3. The number of aryl methyl sites for hydroxylation is 2. The topological polar surface area (TPSA) is 68.0 Å². The van der Waals surface area contributed by atoms with Gasteiger partial charge in [0.15, 0.2) is 0 Å². The zero-order valence-electron chi connectivity index (χ0n) is 9.01. The van der Waals surface area contributed by atoms with Gasteiger partial charge in [0.1, 0.15) is 11.6 Å². The van der Waals surface area contributed by atoms with E-state index in [0.717, 1.165) is 11.4 Å². The Morgan fingerprint density at radius 2 is 2.12 bits per heavy atom. The lowest BCUT2D eigenvalue weighted by atomic mass is 10.2. The zero-order valence-corrected chi connectivity index (χ0v) is 9.01. The molecule has 0 aliphatic rings. The van der Waals surface area contributed by atoms with Crippen LogP contribution in [0.5, 0.6) is 0 Å². The molecule has 5 nitrogen and oxygen atoms in total. The van der Waals surface area contributed by atoms with Crippen molar-refractivity contribution in [1.82, 2.24) is 14.5 Å². The van der Waals surface area contributed by atoms with Gasteiger partial charge in [-0.2, -0.15) is 0 Å². The lowest BCUT2D eigenvalue weighted by molar-refractivity contribution is 0.0696. The Hall–Kier alpha value is -2.17. The minimum Gasteiger partial charge on any atom is -0.478 e. The van der Waals surface area contributed by atoms with Crippen LogP contribution in [0.1, 0.15) is 21.7 Å². The second kappa shape index (κ2) is 3.77. The van der Waals surface area contributed by atoms with Crippen LogP contribution in [0.2, 0.25) is 0 Å². The van der Waals surface area contributed by atoms with Gasteiger partial charge in [-0.1, -0.05) is 0 Å². The summed E-state index contributed by atoms with van der Waals surface area (Å²) < 4.78 is 1.82. The monoisotopic (exact) mass is 217 g/mol. The first-order chi connectivity index (χ1) is 7.59. The maximum Gasteiger partial charge on any atom is 0.337 e. The van der Waals surface area contributed by atoms with E-state index in [4.69, 9.17) is 5.11 Å². The fraction of sp³-hybridized carbons (Fsp3) is 0.182. The molecule has 16 heavy (non-hydrogen) atoms. The van der Waals surface area contributed by atoms with Crippen molar-refractivity contribution in [2.45, 2.75) is 13.8 Å². The third kappa shape index (κ3) is 1.67. The number of pyridine rings is 1. The molecule has 0 aromatic carbocycles. The molecule has 0 bridgehead atoms. The van der Waals surface area contributed by atoms with E-state index in [9.17, 15) is 4.79 Å². The van der Waals surface area contributed by atoms with Crippen molar-refractivity contribution < 1.29 is 9.90 Å². The minimum atomic E-state index is -0.968. The first-order valence-corrected chi connectivity index (χ1v) is 4.80. The van der Waals surface area contributed by atoms with Crippen LogP contribution in [0.3, 0.4) is 0 Å². The standard InChI is InChI=1S/C11H11N3O2/c1-7-5-9(11(15)16)6-13-10(7)14-4-3-12-8(14)2/h3-6H,1-2H3,(H,15,16). The fourth-order valence-corrected chi connectivity index (χ4v) is 1.54. The van der Waals surface area contributed by atoms with Crippen LogP contribution >= 0.6 is 0 Å². The molecule has 0 aliphatic carbocycles. The highest BCUT2D eigenvalue weighted by Crippen LogP contribution is 2.14. The Kier molecular flexibility index (Phi) is 2.44. The van der Waals surface area contributed by atoms with E-state index >= 15 is 0 Å². The van der Waals surface area contributed by atoms with Gasteiger partial charge in [0.25, 0.3) is 0 Å². The number of nitrogens with zero attached hydrogens (tertiary/aromatic N) is 3. The van der Waals surface area contributed by atoms with E-state index in [1.807, 2.05) is 18.4 Å². The van der Waals surface area contributed by atoms with Gasteiger partial charge in [0.2, 0.25) is 0 Å². The molecule has 1 N–H and O–H groups in total. The van der Waals surface area contributed by atoms with Gasteiger partial charge in [-0.05, 0) is 25.5 Å². The van der Waals surface area contributed by atoms with E-state index < -0.39 is 5.97 Å². The molecule has 2 aromatic heterocycles. The highest BCUT2D eigenvalue weighted by Gasteiger charge is 2.09. The van der Waals surface area contributed by atoms with Gasteiger partial charge in [-0.15, -0.1) is 0 Å². The Morgan fingerprint density at radius 1 is 1.38 bits per heavy atom. The summed E-state index contributed by atoms with van der Waals surface area (Å²) in [6.07, 6.45) is 4.83. The molecule has 0 amide bonds. The van der Waals surface area contributed by atoms with Crippen molar-refractivity contribution in [3.63, 3.8) is 0 Å². The maximum absolute atomic E-state index is 10.8. The van der Waals surface area contributed by atoms with Gasteiger partial charge in [0, 0.05) is 18.6 Å². The van der Waals surface area contributed by atoms with Crippen LogP contribution in [0.25, 0.3) is 5.82 Å². The number of carboxylic acid groups (broad SMARTS) is 1. The summed E-state index contributed by atoms with van der Waals surface area (Å²) in [7, 11) is 0. The van der Waals surface area contributed by atoms with Crippen LogP contribution in [0.4, 0.5) is 0 Å². The summed E-state index contributed by atoms with van der Waals surface area (Å²) in [5.41, 5.74) is 1.00. The number of imidazole rings is 1. The molecule has 0 saturated carbocycles. The van der Waals surface area contributed by atoms with E-state index in [-0.39, 0.29) is 5.56 Å². The highest BCUT2D eigenvalue weighted by molar-refractivity contribution is 5.87. The molecule has 2 aromatic rings. The smallest absolute Gasteiger partial charge is 0.337 e. The lowest BCUT2D eigenvalue weighted by Gasteiger charge is -2.07. The first-order valence-electron chi connectivity index (χ1n) is 4.80. The minimum absolute atomic E-state index is 0.194. The molecule has 5 heteroatoms. The lowest BCUT2D eigenvalue weighted by Crippen LogP contribution is -2.05. The average molecular weight is 217 g/mol. The van der Waals surface area contributed by atoms with Crippen molar-refractivity contribution in [1.29, 1.82) is 0 Å². The van der Waals surface area contributed by atoms with E-state index in [2.05, 4.69) is 9.97 Å². The van der Waals surface area contributed by atoms with Crippen LogP contribution in [-0.4, -0.2) is 25.6 Å². The van der Waals surface area contributed by atoms with Crippen molar-refractivity contribution >= 4 is 5.97 Å². The summed E-state index contributed by atoms with van der Waals surface area (Å²) in [4.78, 5) is 19.0. The molecule has 2 rings (SSSR count). The second-order valence-electron chi connectivity index (χ2n) is 3.51. The summed E-state index contributed by atoms with van der Waals surface area (Å²) in [6, 6.07) is 1.60. The van der Waals surface area contributed by atoms with E-state index in [0.29, 0.717) is 5.82 Å². The normalized spacial score (nSPS) is 10.4. The van der Waals surface area contributed by atoms with Gasteiger partial charge >= 0.3 is 5.97 Å². The third-order valence-corrected chi connectivity index (χ3v) is 2.35. The predicted molar refractivity (Wildman–Crippen MR) is 57.8 cm³/mol. The average Bonchev–Trinajstić information content (AvgIpc) is 2.64. The summed E-state index contributed by atoms with van der Waals surface area (Å²) in [5, 5.41) is 8.83. The molecule has 0 aliphatic heterocycles. The largest absolute Gasteiger partial charge is 0.478 e. The quantitative estimate of drug-likeness (QED) is 0.829. The summed E-state index contributed by atoms with van der Waals surface area (Å²) >= 11 is 0. The molecule has 0 fully saturated rings. The van der Waals surface area contributed by atoms with Gasteiger partial charge < -0.3 is 5.11 Å². The molecule has 2 heterocycles. The Morgan fingerprint density at radius 3 is 2.62 bits per heavy atom. The Balaban J connectivity index is 2.52. The number of aromatic carboxylic acids is 1.